The van der Waals surface area contributed by atoms with Crippen LogP contribution in [0.2, 0.25) is 0 Å². The lowest BCUT2D eigenvalue weighted by molar-refractivity contribution is 0.469. The fourth-order valence-electron chi connectivity index (χ4n) is 20.9. The Morgan fingerprint density at radius 1 is 0.189 bits per heavy atom. The molecule has 0 unspecified atom stereocenters. The van der Waals surface area contributed by atoms with Crippen molar-refractivity contribution in [1.82, 2.24) is 0 Å². The summed E-state index contributed by atoms with van der Waals surface area (Å²) in [6.45, 7) is 40.5. The zero-order valence-electron chi connectivity index (χ0n) is 86.6. The zero-order chi connectivity index (χ0) is 100. The van der Waals surface area contributed by atoms with Gasteiger partial charge in [0.05, 0.1) is 91.0 Å². The van der Waals surface area contributed by atoms with Crippen LogP contribution in [-0.4, -0.2) is 38.3 Å². The maximum absolute atomic E-state index is 6.05. The van der Waals surface area contributed by atoms with E-state index in [-0.39, 0.29) is 10.8 Å². The minimum Gasteiger partial charge on any atom is -0.453 e. The molecular formula is C131H135N9O2S. The fourth-order valence-corrected chi connectivity index (χ4v) is 22.0. The molecule has 722 valence electrons. The Balaban J connectivity index is 0.000000110. The van der Waals surface area contributed by atoms with Crippen LogP contribution in [0.4, 0.5) is 119 Å². The number of fused-ring (bicyclic) bond motifs is 14. The third kappa shape index (κ3) is 19.7. The Kier molecular flexibility index (Phi) is 29.1. The van der Waals surface area contributed by atoms with Gasteiger partial charge in [0.25, 0.3) is 0 Å². The molecule has 0 fully saturated rings. The number of hydrogen-bond acceptors (Lipinski definition) is 12. The van der Waals surface area contributed by atoms with Gasteiger partial charge in [-0.15, -0.1) is 0 Å². The van der Waals surface area contributed by atoms with E-state index in [0.717, 1.165) is 51.4 Å². The summed E-state index contributed by atoms with van der Waals surface area (Å²) < 4.78 is 12.0. The van der Waals surface area contributed by atoms with Gasteiger partial charge in [0.2, 0.25) is 0 Å². The summed E-state index contributed by atoms with van der Waals surface area (Å²) in [5, 5.41) is 0. The van der Waals surface area contributed by atoms with Crippen molar-refractivity contribution in [1.29, 1.82) is 0 Å². The Morgan fingerprint density at radius 2 is 0.385 bits per heavy atom. The quantitative estimate of drug-likeness (QED) is 0.131. The predicted octanol–water partition coefficient (Wildman–Crippen LogP) is 37.9. The van der Waals surface area contributed by atoms with Crippen molar-refractivity contribution in [2.45, 2.75) is 187 Å². The summed E-state index contributed by atoms with van der Waals surface area (Å²) in [4.78, 5) is 23.8. The molecule has 0 radical (unpaired) electrons. The number of nitrogens with zero attached hydrogens (tertiary/aromatic N) is 9. The normalized spacial score (nSPS) is 13.8. The highest BCUT2D eigenvalue weighted by molar-refractivity contribution is 7.99. The smallest absolute Gasteiger partial charge is 0.151 e. The second-order valence-corrected chi connectivity index (χ2v) is 41.7. The van der Waals surface area contributed by atoms with Gasteiger partial charge in [-0.3, -0.25) is 0 Å². The Labute approximate surface area is 854 Å². The summed E-state index contributed by atoms with van der Waals surface area (Å²) in [5.74, 6) is 5.27. The van der Waals surface area contributed by atoms with E-state index in [1.54, 1.807) is 0 Å². The average molecular weight is 1900 g/mol. The number of anilines is 21. The molecule has 0 saturated carbocycles. The van der Waals surface area contributed by atoms with Crippen LogP contribution in [0.3, 0.4) is 0 Å². The number of hydrogen-bond donors (Lipinski definition) is 0. The molecule has 0 aliphatic carbocycles. The molecule has 0 atom stereocenters. The molecule has 7 aliphatic heterocycles. The molecule has 7 heterocycles. The van der Waals surface area contributed by atoms with E-state index in [2.05, 4.69) is 523 Å². The summed E-state index contributed by atoms with van der Waals surface area (Å²) >= 11 is 1.86. The van der Waals surface area contributed by atoms with Gasteiger partial charge in [-0.1, -0.05) is 312 Å². The zero-order valence-corrected chi connectivity index (χ0v) is 87.4. The van der Waals surface area contributed by atoms with Gasteiger partial charge in [-0.05, 0) is 294 Å². The second-order valence-electron chi connectivity index (χ2n) is 40.6. The van der Waals surface area contributed by atoms with E-state index in [0.29, 0.717) is 41.9 Å². The maximum Gasteiger partial charge on any atom is 0.151 e. The molecule has 0 aromatic heterocycles. The highest BCUT2D eigenvalue weighted by atomic mass is 32.2. The highest BCUT2D eigenvalue weighted by Crippen LogP contribution is 2.58. The van der Waals surface area contributed by atoms with Gasteiger partial charge in [0.15, 0.2) is 23.0 Å². The molecule has 17 aromatic rings. The van der Waals surface area contributed by atoms with Gasteiger partial charge in [0.1, 0.15) is 0 Å². The van der Waals surface area contributed by atoms with Gasteiger partial charge in [-0.2, -0.15) is 0 Å². The lowest BCUT2D eigenvalue weighted by Crippen LogP contribution is -2.36. The topological polar surface area (TPSA) is 47.6 Å². The molecule has 143 heavy (non-hydrogen) atoms. The number of rotatable bonds is 10. The minimum atomic E-state index is 0.00155. The number of benzene rings is 17. The molecule has 0 spiro atoms. The van der Waals surface area contributed by atoms with Crippen molar-refractivity contribution in [2.75, 3.05) is 58.2 Å². The number of para-hydroxylation sites is 22. The molecule has 24 rings (SSSR count). The molecule has 0 bridgehead atoms. The summed E-state index contributed by atoms with van der Waals surface area (Å²) in [6, 6.07) is 148. The predicted molar refractivity (Wildman–Crippen MR) is 611 cm³/mol. The van der Waals surface area contributed by atoms with Gasteiger partial charge in [-0.25, -0.2) is 0 Å². The van der Waals surface area contributed by atoms with Crippen molar-refractivity contribution in [3.05, 3.63) is 451 Å². The molecule has 12 heteroatoms. The van der Waals surface area contributed by atoms with Gasteiger partial charge < -0.3 is 53.6 Å². The Bertz CT molecular complexity index is 6870. The van der Waals surface area contributed by atoms with Crippen molar-refractivity contribution < 1.29 is 9.47 Å². The van der Waals surface area contributed by atoms with Gasteiger partial charge in [0, 0.05) is 87.3 Å². The van der Waals surface area contributed by atoms with Crippen molar-refractivity contribution in [2.24, 2.45) is 0 Å². The Hall–Kier alpha value is -15.1. The first-order valence-electron chi connectivity index (χ1n) is 50.8. The molecular weight excluding hydrogens is 1760 g/mol. The number of ether oxygens (including phenoxy) is 2. The summed E-state index contributed by atoms with van der Waals surface area (Å²) in [7, 11) is 4.27. The highest BCUT2D eigenvalue weighted by Gasteiger charge is 2.40. The van der Waals surface area contributed by atoms with Crippen LogP contribution in [0.1, 0.15) is 181 Å². The van der Waals surface area contributed by atoms with Crippen molar-refractivity contribution in [3.63, 3.8) is 0 Å². The van der Waals surface area contributed by atoms with Crippen molar-refractivity contribution in [3.8, 4) is 23.0 Å². The molecule has 17 aromatic carbocycles. The third-order valence-electron chi connectivity index (χ3n) is 28.2. The molecule has 11 nitrogen and oxygen atoms in total. The second kappa shape index (κ2) is 42.4. The largest absolute Gasteiger partial charge is 0.453 e. The van der Waals surface area contributed by atoms with E-state index >= 15 is 0 Å². The van der Waals surface area contributed by atoms with E-state index in [1.807, 2.05) is 84.6 Å². The maximum atomic E-state index is 6.05. The minimum absolute atomic E-state index is 0.00155. The Morgan fingerprint density at radius 3 is 0.692 bits per heavy atom. The van der Waals surface area contributed by atoms with E-state index in [4.69, 9.17) is 9.47 Å². The standard InChI is InChI=1S/C24H25N.C22H22N2.C21H19NO.C18H21N.C16H18N2.C15H15NO.C15H15NS/c1-17(2)18-13-15-19(16-14-18)25-22-11-7-5-9-20(22)24(3,4)21-10-6-8-12-23(21)25;1-16(2)17-12-14-18(15-13-17)24-21-10-6-4-8-19(21)23(3)20-9-5-7-11-22(20)24;1-15(2)16-11-13-17(14-12-16)22-18-7-3-5-9-20(18)23-21-10-6-4-8-19(21)22;1-13(2)19-16-11-7-5-9-14(16)18(3,4)15-10-6-8-12-17(15)19;1-12(2)18-15-10-6-4-8-13(15)17(3)14-9-5-7-11-16(14)18;2*1-11(2)16-12-7-3-5-9-14(12)17-15-10-6-4-8-13(15)16/h5-17H,1-4H3;4-16H,1-3H3;3-15H,1-2H3;5-13H,1-4H3;4-12H,1-3H3;2*3-11H,1-2H3. The monoisotopic (exact) mass is 1900 g/mol. The first kappa shape index (κ1) is 98.1. The van der Waals surface area contributed by atoms with E-state index in [1.165, 1.54) is 140 Å². The van der Waals surface area contributed by atoms with E-state index in [9.17, 15) is 0 Å². The van der Waals surface area contributed by atoms with Crippen LogP contribution in [0.25, 0.3) is 0 Å². The third-order valence-corrected chi connectivity index (χ3v) is 29.3. The van der Waals surface area contributed by atoms with Crippen LogP contribution in [0.15, 0.2) is 422 Å². The summed E-state index contributed by atoms with van der Waals surface area (Å²) in [6.07, 6.45) is 0. The molecule has 0 saturated heterocycles. The summed E-state index contributed by atoms with van der Waals surface area (Å²) in [5.41, 5.74) is 35.7. The fraction of sp³-hybridized carbons (Fsp3) is 0.221. The van der Waals surface area contributed by atoms with Crippen LogP contribution in [-0.2, 0) is 10.8 Å². The first-order chi connectivity index (χ1) is 69.2. The van der Waals surface area contributed by atoms with Gasteiger partial charge >= 0.3 is 0 Å². The first-order valence-corrected chi connectivity index (χ1v) is 51.7. The van der Waals surface area contributed by atoms with Crippen LogP contribution in [0, 0.1) is 0 Å². The molecule has 0 N–H and O–H groups in total. The lowest BCUT2D eigenvalue weighted by Gasteiger charge is -2.43. The van der Waals surface area contributed by atoms with Crippen LogP contribution < -0.4 is 53.6 Å². The average Bonchev–Trinajstić information content (AvgIpc) is 0.730. The van der Waals surface area contributed by atoms with Crippen LogP contribution >= 0.6 is 11.8 Å². The lowest BCUT2D eigenvalue weighted by atomic mass is 9.73. The SMILES string of the molecule is CC(C)N1c2ccccc2C(C)(C)c2ccccc21.CC(C)N1c2ccccc2N(C)c2ccccc21.CC(C)N1c2ccccc2Oc2ccccc21.CC(C)N1c2ccccc2Sc2ccccc21.CC(C)c1ccc(N2c3ccccc3C(C)(C)c3ccccc32)cc1.CC(C)c1ccc(N2c3ccccc3N(C)c3ccccc32)cc1.CC(C)c1ccc(N2c3ccccc3Oc3ccccc32)cc1. The van der Waals surface area contributed by atoms with Crippen molar-refractivity contribution >= 4 is 131 Å². The molecule has 7 aliphatic rings. The van der Waals surface area contributed by atoms with Crippen LogP contribution in [0.5, 0.6) is 23.0 Å². The molecule has 0 amide bonds. The van der Waals surface area contributed by atoms with E-state index < -0.39 is 0 Å².